The number of aliphatic hydroxyl groups is 2. The van der Waals surface area contributed by atoms with Crippen molar-refractivity contribution in [3.63, 3.8) is 0 Å². The number of hydrogen-bond donors (Lipinski definition) is 2. The molecular weight excluding hydrogens is 587 g/mol. The Morgan fingerprint density at radius 1 is 0.939 bits per heavy atom. The molecule has 0 saturated heterocycles. The number of nitrogens with zero attached hydrogens (tertiary/aromatic N) is 1. The summed E-state index contributed by atoms with van der Waals surface area (Å²) in [5.41, 5.74) is 5.87. The Morgan fingerprint density at radius 2 is 1.70 bits per heavy atom. The van der Waals surface area contributed by atoms with Crippen molar-refractivity contribution in [1.82, 2.24) is 4.98 Å². The molecule has 2 fully saturated rings. The Labute approximate surface area is 212 Å². The van der Waals surface area contributed by atoms with Crippen molar-refractivity contribution >= 4 is 10.8 Å². The van der Waals surface area contributed by atoms with Crippen molar-refractivity contribution in [2.24, 2.45) is 11.8 Å². The van der Waals surface area contributed by atoms with E-state index in [2.05, 4.69) is 75.1 Å². The molecule has 1 heterocycles. The first-order chi connectivity index (χ1) is 15.3. The quantitative estimate of drug-likeness (QED) is 0.327. The van der Waals surface area contributed by atoms with Crippen LogP contribution in [0.5, 0.6) is 0 Å². The number of aryl methyl sites for hydroxylation is 2. The Bertz CT molecular complexity index is 1060. The van der Waals surface area contributed by atoms with Gasteiger partial charge < -0.3 is 15.2 Å². The zero-order valence-corrected chi connectivity index (χ0v) is 22.5. The van der Waals surface area contributed by atoms with E-state index in [0.717, 1.165) is 42.5 Å². The Kier molecular flexibility index (Phi) is 8.86. The minimum absolute atomic E-state index is 0. The number of aromatic nitrogens is 1. The van der Waals surface area contributed by atoms with Gasteiger partial charge in [0.25, 0.3) is 0 Å². The molecule has 179 valence electrons. The third kappa shape index (κ3) is 5.92. The number of hydrogen-bond acceptors (Lipinski definition) is 3. The summed E-state index contributed by atoms with van der Waals surface area (Å²) < 4.78 is 0. The van der Waals surface area contributed by atoms with Crippen LogP contribution in [-0.2, 0) is 20.1 Å². The summed E-state index contributed by atoms with van der Waals surface area (Å²) in [5, 5.41) is 21.6. The van der Waals surface area contributed by atoms with Crippen LogP contribution in [0, 0.1) is 31.7 Å². The largest absolute Gasteiger partial charge is 0.393 e. The Morgan fingerprint density at radius 3 is 2.39 bits per heavy atom. The van der Waals surface area contributed by atoms with Crippen LogP contribution < -0.4 is 0 Å². The van der Waals surface area contributed by atoms with Gasteiger partial charge in [0.1, 0.15) is 0 Å². The third-order valence-corrected chi connectivity index (χ3v) is 7.20. The zero-order chi connectivity index (χ0) is 22.8. The van der Waals surface area contributed by atoms with Crippen molar-refractivity contribution in [1.29, 1.82) is 0 Å². The van der Waals surface area contributed by atoms with Gasteiger partial charge in [0.05, 0.1) is 12.2 Å². The van der Waals surface area contributed by atoms with Crippen molar-refractivity contribution in [2.75, 3.05) is 0 Å². The van der Waals surface area contributed by atoms with Crippen LogP contribution in [0.15, 0.2) is 42.6 Å². The molecule has 0 aliphatic heterocycles. The molecule has 2 saturated carbocycles. The van der Waals surface area contributed by atoms with Gasteiger partial charge in [-0.25, -0.2) is 0 Å². The average Bonchev–Trinajstić information content (AvgIpc) is 3.15. The fourth-order valence-corrected chi connectivity index (χ4v) is 5.56. The van der Waals surface area contributed by atoms with Gasteiger partial charge in [0.15, 0.2) is 0 Å². The first-order valence-corrected chi connectivity index (χ1v) is 12.1. The van der Waals surface area contributed by atoms with Crippen LogP contribution in [-0.4, -0.2) is 27.4 Å². The van der Waals surface area contributed by atoms with Gasteiger partial charge >= 0.3 is 0 Å². The van der Waals surface area contributed by atoms with Crippen LogP contribution in [0.4, 0.5) is 0 Å². The predicted molar refractivity (Wildman–Crippen MR) is 132 cm³/mol. The third-order valence-electron chi connectivity index (χ3n) is 7.20. The molecule has 4 heteroatoms. The molecule has 0 amide bonds. The number of benzene rings is 2. The average molecular weight is 623 g/mol. The van der Waals surface area contributed by atoms with Crippen molar-refractivity contribution in [3.8, 4) is 11.3 Å². The summed E-state index contributed by atoms with van der Waals surface area (Å²) in [5.74, 6) is 1.35. The molecule has 3 nitrogen and oxygen atoms in total. The van der Waals surface area contributed by atoms with E-state index in [1.54, 1.807) is 0 Å². The number of fused-ring (bicyclic) bond motifs is 2. The topological polar surface area (TPSA) is 53.4 Å². The molecule has 0 spiro atoms. The second-order valence-corrected chi connectivity index (χ2v) is 10.0. The molecule has 2 aromatic carbocycles. The van der Waals surface area contributed by atoms with Gasteiger partial charge in [0, 0.05) is 32.2 Å². The number of pyridine rings is 1. The zero-order valence-electron chi connectivity index (χ0n) is 20.1. The van der Waals surface area contributed by atoms with Crippen LogP contribution in [0.25, 0.3) is 22.0 Å². The molecule has 2 aliphatic carbocycles. The summed E-state index contributed by atoms with van der Waals surface area (Å²) in [6.45, 7) is 8.65. The first kappa shape index (κ1) is 26.0. The SMILES string of the molecule is Cc1[c-]c(-c2nccc3ccc(C(C)C)cc23)cc(C)c1.OC1CCCC2CCC(O)C12.[Ir]. The van der Waals surface area contributed by atoms with E-state index >= 15 is 0 Å². The van der Waals surface area contributed by atoms with E-state index < -0.39 is 0 Å². The second-order valence-electron chi connectivity index (χ2n) is 10.0. The molecule has 4 unspecified atom stereocenters. The van der Waals surface area contributed by atoms with Gasteiger partial charge in [-0.15, -0.1) is 34.9 Å². The number of rotatable bonds is 2. The van der Waals surface area contributed by atoms with E-state index in [0.29, 0.717) is 11.8 Å². The van der Waals surface area contributed by atoms with Gasteiger partial charge in [-0.2, -0.15) is 0 Å². The van der Waals surface area contributed by atoms with E-state index in [1.807, 2.05) is 6.20 Å². The number of aliphatic hydroxyl groups excluding tert-OH is 2. The maximum atomic E-state index is 9.59. The summed E-state index contributed by atoms with van der Waals surface area (Å²) in [6.07, 6.45) is 6.76. The van der Waals surface area contributed by atoms with Crippen LogP contribution >= 0.6 is 0 Å². The molecule has 0 bridgehead atoms. The molecule has 2 N–H and O–H groups in total. The van der Waals surface area contributed by atoms with E-state index in [-0.39, 0.29) is 38.2 Å². The van der Waals surface area contributed by atoms with Crippen molar-refractivity contribution < 1.29 is 30.3 Å². The van der Waals surface area contributed by atoms with Crippen molar-refractivity contribution in [3.05, 3.63) is 65.4 Å². The molecule has 3 aromatic rings. The normalized spacial score (nSPS) is 24.1. The fraction of sp³-hybridized carbons (Fsp3) is 0.483. The molecule has 1 radical (unpaired) electrons. The predicted octanol–water partition coefficient (Wildman–Crippen LogP) is 6.36. The standard InChI is InChI=1S/C20H20N.C9H16O2.Ir/c1-13(2)17-6-5-16-7-8-21-20(19(16)12-17)18-10-14(3)9-15(4)11-18;10-7-3-1-2-6-4-5-8(11)9(6)7;/h5-10,12-13H,1-4H3;6-11H,1-5H2;/q-1;;. The molecule has 5 rings (SSSR count). The van der Waals surface area contributed by atoms with Crippen molar-refractivity contribution in [2.45, 2.75) is 77.9 Å². The van der Waals surface area contributed by atoms with E-state index in [1.165, 1.54) is 28.3 Å². The fourth-order valence-electron chi connectivity index (χ4n) is 5.56. The van der Waals surface area contributed by atoms with Crippen LogP contribution in [0.2, 0.25) is 0 Å². The summed E-state index contributed by atoms with van der Waals surface area (Å²) in [4.78, 5) is 4.63. The molecule has 33 heavy (non-hydrogen) atoms. The minimum Gasteiger partial charge on any atom is -0.393 e. The van der Waals surface area contributed by atoms with E-state index in [4.69, 9.17) is 0 Å². The van der Waals surface area contributed by atoms with Gasteiger partial charge in [-0.3, -0.25) is 0 Å². The Balaban J connectivity index is 0.000000215. The minimum atomic E-state index is -0.216. The smallest absolute Gasteiger partial charge is 0.0595 e. The van der Waals surface area contributed by atoms with Gasteiger partial charge in [-0.05, 0) is 65.6 Å². The first-order valence-electron chi connectivity index (χ1n) is 12.1. The molecule has 2 aliphatic rings. The maximum absolute atomic E-state index is 9.59. The van der Waals surface area contributed by atoms with E-state index in [9.17, 15) is 10.2 Å². The molecule has 4 atom stereocenters. The summed E-state index contributed by atoms with van der Waals surface area (Å²) in [7, 11) is 0. The Hall–Kier alpha value is -1.58. The summed E-state index contributed by atoms with van der Waals surface area (Å²) >= 11 is 0. The molecular formula is C29H36IrNO2-. The maximum Gasteiger partial charge on any atom is 0.0595 e. The summed E-state index contributed by atoms with van der Waals surface area (Å²) in [6, 6.07) is 16.5. The van der Waals surface area contributed by atoms with Gasteiger partial charge in [-0.1, -0.05) is 52.3 Å². The van der Waals surface area contributed by atoms with Crippen LogP contribution in [0.1, 0.15) is 68.6 Å². The molecule has 1 aromatic heterocycles. The van der Waals surface area contributed by atoms with Gasteiger partial charge in [0.2, 0.25) is 0 Å². The second kappa shape index (κ2) is 11.2. The monoisotopic (exact) mass is 623 g/mol. The van der Waals surface area contributed by atoms with Crippen LogP contribution in [0.3, 0.4) is 0 Å².